The van der Waals surface area contributed by atoms with Gasteiger partial charge < -0.3 is 19.4 Å². The van der Waals surface area contributed by atoms with Crippen LogP contribution in [0.2, 0.25) is 0 Å². The summed E-state index contributed by atoms with van der Waals surface area (Å²) in [7, 11) is 1.65. The number of aromatic nitrogens is 2. The van der Waals surface area contributed by atoms with E-state index in [0.29, 0.717) is 6.42 Å². The van der Waals surface area contributed by atoms with Crippen molar-refractivity contribution in [1.29, 1.82) is 0 Å². The molecule has 2 aliphatic heterocycles. The number of hydrogen-bond donors (Lipinski definition) is 0. The molecule has 2 aromatic rings. The molecule has 0 N–H and O–H groups in total. The zero-order valence-electron chi connectivity index (χ0n) is 18.0. The number of hydrogen-bond acceptors (Lipinski definition) is 6. The second-order valence-electron chi connectivity index (χ2n) is 8.11. The van der Waals surface area contributed by atoms with Crippen molar-refractivity contribution in [3.63, 3.8) is 0 Å². The number of piperazine rings is 1. The van der Waals surface area contributed by atoms with Crippen LogP contribution in [0.1, 0.15) is 30.5 Å². The molecule has 0 bridgehead atoms. The molecule has 160 valence electrons. The maximum absolute atomic E-state index is 12.7. The Morgan fingerprint density at radius 1 is 0.933 bits per heavy atom. The van der Waals surface area contributed by atoms with Gasteiger partial charge in [0.25, 0.3) is 0 Å². The van der Waals surface area contributed by atoms with Gasteiger partial charge in [-0.05, 0) is 43.9 Å². The van der Waals surface area contributed by atoms with E-state index in [2.05, 4.69) is 20.9 Å². The van der Waals surface area contributed by atoms with Gasteiger partial charge in [0.2, 0.25) is 11.9 Å². The maximum Gasteiger partial charge on any atom is 0.227 e. The van der Waals surface area contributed by atoms with E-state index < -0.39 is 0 Å². The Hall–Kier alpha value is -2.83. The zero-order chi connectivity index (χ0) is 20.9. The monoisotopic (exact) mass is 409 g/mol. The summed E-state index contributed by atoms with van der Waals surface area (Å²) in [6.45, 7) is 7.14. The minimum atomic E-state index is 0.174. The molecule has 30 heavy (non-hydrogen) atoms. The lowest BCUT2D eigenvalue weighted by Crippen LogP contribution is -2.49. The molecule has 2 aliphatic rings. The molecule has 0 spiro atoms. The molecular formula is C23H31N5O2. The normalized spacial score (nSPS) is 17.2. The summed E-state index contributed by atoms with van der Waals surface area (Å²) >= 11 is 0. The van der Waals surface area contributed by atoms with Gasteiger partial charge in [-0.1, -0.05) is 12.1 Å². The molecule has 0 atom stereocenters. The standard InChI is InChI=1S/C23H31N5O2/c1-18-16-21(25-23(24-18)28-10-4-3-5-11-28)26-12-14-27(15-13-26)22(29)17-19-6-8-20(30-2)9-7-19/h6-9,16H,3-5,10-15,17H2,1-2H3. The highest BCUT2D eigenvalue weighted by atomic mass is 16.5. The predicted molar refractivity (Wildman–Crippen MR) is 118 cm³/mol. The van der Waals surface area contributed by atoms with Gasteiger partial charge >= 0.3 is 0 Å². The van der Waals surface area contributed by atoms with Crippen LogP contribution in [0.25, 0.3) is 0 Å². The van der Waals surface area contributed by atoms with E-state index >= 15 is 0 Å². The summed E-state index contributed by atoms with van der Waals surface area (Å²) in [6.07, 6.45) is 4.14. The maximum atomic E-state index is 12.7. The highest BCUT2D eigenvalue weighted by molar-refractivity contribution is 5.79. The van der Waals surface area contributed by atoms with Gasteiger partial charge in [0.1, 0.15) is 11.6 Å². The number of carbonyl (C=O) groups excluding carboxylic acids is 1. The number of carbonyl (C=O) groups is 1. The second kappa shape index (κ2) is 9.32. The van der Waals surface area contributed by atoms with Crippen LogP contribution in [0.5, 0.6) is 5.75 Å². The number of rotatable bonds is 5. The number of benzene rings is 1. The second-order valence-corrected chi connectivity index (χ2v) is 8.11. The average Bonchev–Trinajstić information content (AvgIpc) is 2.80. The number of anilines is 2. The number of piperidine rings is 1. The van der Waals surface area contributed by atoms with E-state index in [1.54, 1.807) is 7.11 Å². The molecule has 1 aromatic carbocycles. The molecular weight excluding hydrogens is 378 g/mol. The lowest BCUT2D eigenvalue weighted by molar-refractivity contribution is -0.130. The number of nitrogens with zero attached hydrogens (tertiary/aromatic N) is 5. The van der Waals surface area contributed by atoms with Crippen molar-refractivity contribution in [2.45, 2.75) is 32.6 Å². The lowest BCUT2D eigenvalue weighted by Gasteiger charge is -2.36. The van der Waals surface area contributed by atoms with Crippen LogP contribution >= 0.6 is 0 Å². The van der Waals surface area contributed by atoms with Crippen molar-refractivity contribution < 1.29 is 9.53 Å². The van der Waals surface area contributed by atoms with Crippen molar-refractivity contribution in [1.82, 2.24) is 14.9 Å². The van der Waals surface area contributed by atoms with Crippen LogP contribution in [-0.4, -0.2) is 67.2 Å². The minimum absolute atomic E-state index is 0.174. The fourth-order valence-corrected chi connectivity index (χ4v) is 4.15. The fraction of sp³-hybridized carbons (Fsp3) is 0.522. The number of methoxy groups -OCH3 is 1. The summed E-state index contributed by atoms with van der Waals surface area (Å²) in [5.41, 5.74) is 2.01. The number of amides is 1. The topological polar surface area (TPSA) is 61.8 Å². The SMILES string of the molecule is COc1ccc(CC(=O)N2CCN(c3cc(C)nc(N4CCCCC4)n3)CC2)cc1. The average molecular weight is 410 g/mol. The van der Waals surface area contributed by atoms with Crippen molar-refractivity contribution in [3.05, 3.63) is 41.6 Å². The molecule has 0 unspecified atom stereocenters. The Kier molecular flexibility index (Phi) is 6.35. The fourth-order valence-electron chi connectivity index (χ4n) is 4.15. The summed E-state index contributed by atoms with van der Waals surface area (Å²) < 4.78 is 5.19. The summed E-state index contributed by atoms with van der Waals surface area (Å²) in [6, 6.07) is 9.77. The molecule has 2 saturated heterocycles. The van der Waals surface area contributed by atoms with Gasteiger partial charge in [0.05, 0.1) is 13.5 Å². The van der Waals surface area contributed by atoms with Crippen LogP contribution in [0.15, 0.2) is 30.3 Å². The van der Waals surface area contributed by atoms with Crippen LogP contribution in [0.4, 0.5) is 11.8 Å². The zero-order valence-corrected chi connectivity index (χ0v) is 18.0. The Balaban J connectivity index is 1.35. The Bertz CT molecular complexity index is 856. The van der Waals surface area contributed by atoms with Crippen molar-refractivity contribution in [2.24, 2.45) is 0 Å². The van der Waals surface area contributed by atoms with E-state index in [-0.39, 0.29) is 5.91 Å². The van der Waals surface area contributed by atoms with E-state index in [1.165, 1.54) is 19.3 Å². The molecule has 3 heterocycles. The first kappa shape index (κ1) is 20.4. The predicted octanol–water partition coefficient (Wildman–Crippen LogP) is 2.68. The number of aryl methyl sites for hydroxylation is 1. The minimum Gasteiger partial charge on any atom is -0.497 e. The molecule has 1 amide bonds. The Labute approximate surface area is 178 Å². The first-order valence-electron chi connectivity index (χ1n) is 10.9. The van der Waals surface area contributed by atoms with E-state index in [1.807, 2.05) is 36.1 Å². The lowest BCUT2D eigenvalue weighted by atomic mass is 10.1. The molecule has 1 aromatic heterocycles. The quantitative estimate of drug-likeness (QED) is 0.757. The molecule has 0 saturated carbocycles. The molecule has 0 radical (unpaired) electrons. The summed E-state index contributed by atoms with van der Waals surface area (Å²) in [5, 5.41) is 0. The third-order valence-electron chi connectivity index (χ3n) is 5.94. The van der Waals surface area contributed by atoms with Gasteiger partial charge in [0.15, 0.2) is 0 Å². The third-order valence-corrected chi connectivity index (χ3v) is 5.94. The highest BCUT2D eigenvalue weighted by Gasteiger charge is 2.23. The van der Waals surface area contributed by atoms with Crippen LogP contribution < -0.4 is 14.5 Å². The van der Waals surface area contributed by atoms with Gasteiger partial charge in [0, 0.05) is 51.0 Å². The number of ether oxygens (including phenoxy) is 1. The summed E-state index contributed by atoms with van der Waals surface area (Å²) in [5.74, 6) is 2.81. The van der Waals surface area contributed by atoms with E-state index in [4.69, 9.17) is 9.72 Å². The molecule has 7 heteroatoms. The largest absolute Gasteiger partial charge is 0.497 e. The Morgan fingerprint density at radius 3 is 2.30 bits per heavy atom. The molecule has 4 rings (SSSR count). The van der Waals surface area contributed by atoms with Crippen molar-refractivity contribution >= 4 is 17.7 Å². The van der Waals surface area contributed by atoms with E-state index in [9.17, 15) is 4.79 Å². The van der Waals surface area contributed by atoms with Crippen LogP contribution in [-0.2, 0) is 11.2 Å². The van der Waals surface area contributed by atoms with E-state index in [0.717, 1.165) is 68.0 Å². The van der Waals surface area contributed by atoms with Gasteiger partial charge in [-0.2, -0.15) is 4.98 Å². The van der Waals surface area contributed by atoms with Crippen molar-refractivity contribution in [2.75, 3.05) is 56.2 Å². The summed E-state index contributed by atoms with van der Waals surface area (Å²) in [4.78, 5) is 28.8. The third kappa shape index (κ3) is 4.83. The highest BCUT2D eigenvalue weighted by Crippen LogP contribution is 2.22. The van der Waals surface area contributed by atoms with Crippen LogP contribution in [0, 0.1) is 6.92 Å². The molecule has 7 nitrogen and oxygen atoms in total. The molecule has 2 fully saturated rings. The molecule has 0 aliphatic carbocycles. The first-order chi connectivity index (χ1) is 14.6. The smallest absolute Gasteiger partial charge is 0.227 e. The van der Waals surface area contributed by atoms with Gasteiger partial charge in [-0.25, -0.2) is 4.98 Å². The first-order valence-corrected chi connectivity index (χ1v) is 10.9. The van der Waals surface area contributed by atoms with Crippen molar-refractivity contribution in [3.8, 4) is 5.75 Å². The Morgan fingerprint density at radius 2 is 1.63 bits per heavy atom. The van der Waals surface area contributed by atoms with Gasteiger partial charge in [-0.3, -0.25) is 4.79 Å². The van der Waals surface area contributed by atoms with Crippen LogP contribution in [0.3, 0.4) is 0 Å². The van der Waals surface area contributed by atoms with Gasteiger partial charge in [-0.15, -0.1) is 0 Å².